The van der Waals surface area contributed by atoms with Crippen molar-refractivity contribution in [3.8, 4) is 0 Å². The highest BCUT2D eigenvalue weighted by molar-refractivity contribution is 5.81. The Morgan fingerprint density at radius 3 is 2.14 bits per heavy atom. The molecule has 0 aromatic carbocycles. The number of hydrogen-bond donors (Lipinski definition) is 1. The first-order valence-electron chi connectivity index (χ1n) is 8.77. The molecule has 1 amide bonds. The van der Waals surface area contributed by atoms with E-state index in [-0.39, 0.29) is 6.04 Å². The molecular weight excluding hydrogens is 262 g/mol. The molecular formula is C17H31N3O. The Bertz CT molecular complexity index is 377. The molecule has 0 aromatic heterocycles. The van der Waals surface area contributed by atoms with Crippen molar-refractivity contribution in [3.63, 3.8) is 0 Å². The van der Waals surface area contributed by atoms with Gasteiger partial charge in [-0.25, -0.2) is 0 Å². The summed E-state index contributed by atoms with van der Waals surface area (Å²) in [4.78, 5) is 17.4. The molecule has 3 aliphatic rings. The highest BCUT2D eigenvalue weighted by Gasteiger charge is 2.40. The number of nitrogens with one attached hydrogen (secondary N) is 1. The summed E-state index contributed by atoms with van der Waals surface area (Å²) in [5.41, 5.74) is 0. The normalized spacial score (nSPS) is 41.2. The van der Waals surface area contributed by atoms with Gasteiger partial charge in [-0.3, -0.25) is 9.69 Å². The van der Waals surface area contributed by atoms with Crippen molar-refractivity contribution in [2.75, 3.05) is 7.05 Å². The summed E-state index contributed by atoms with van der Waals surface area (Å²) < 4.78 is 0. The first kappa shape index (κ1) is 15.3. The van der Waals surface area contributed by atoms with Crippen LogP contribution in [-0.4, -0.2) is 59.0 Å². The lowest BCUT2D eigenvalue weighted by Crippen LogP contribution is -2.55. The van der Waals surface area contributed by atoms with Gasteiger partial charge in [-0.2, -0.15) is 0 Å². The fourth-order valence-corrected chi connectivity index (χ4v) is 4.92. The molecule has 1 N–H and O–H groups in total. The molecule has 0 aromatic rings. The molecule has 3 fully saturated rings. The fraction of sp³-hybridized carbons (Fsp3) is 0.941. The van der Waals surface area contributed by atoms with E-state index in [0.717, 1.165) is 12.8 Å². The third kappa shape index (κ3) is 2.85. The second kappa shape index (κ2) is 5.88. The molecule has 0 aliphatic carbocycles. The van der Waals surface area contributed by atoms with Gasteiger partial charge in [-0.05, 0) is 59.3 Å². The number of likely N-dealkylation sites (tertiary alicyclic amines) is 1. The largest absolute Gasteiger partial charge is 0.341 e. The van der Waals surface area contributed by atoms with Gasteiger partial charge >= 0.3 is 0 Å². The lowest BCUT2D eigenvalue weighted by atomic mass is 9.98. The fourth-order valence-electron chi connectivity index (χ4n) is 4.92. The summed E-state index contributed by atoms with van der Waals surface area (Å²) in [6.07, 6.45) is 7.30. The zero-order valence-electron chi connectivity index (χ0n) is 14.0. The van der Waals surface area contributed by atoms with Crippen molar-refractivity contribution in [2.45, 2.75) is 95.5 Å². The van der Waals surface area contributed by atoms with Crippen LogP contribution in [0.25, 0.3) is 0 Å². The first-order valence-corrected chi connectivity index (χ1v) is 8.77. The second-order valence-corrected chi connectivity index (χ2v) is 7.61. The summed E-state index contributed by atoms with van der Waals surface area (Å²) >= 11 is 0. The molecule has 0 saturated carbocycles. The number of amides is 1. The Kier molecular flexibility index (Phi) is 4.28. The number of nitrogens with zero attached hydrogens (tertiary/aromatic N) is 2. The van der Waals surface area contributed by atoms with Gasteiger partial charge in [0, 0.05) is 37.3 Å². The van der Waals surface area contributed by atoms with Gasteiger partial charge in [0.1, 0.15) is 0 Å². The Hall–Kier alpha value is -0.610. The summed E-state index contributed by atoms with van der Waals surface area (Å²) in [6.45, 7) is 6.63. The van der Waals surface area contributed by atoms with Crippen LogP contribution in [0.15, 0.2) is 0 Å². The Morgan fingerprint density at radius 1 is 1.10 bits per heavy atom. The van der Waals surface area contributed by atoms with E-state index in [2.05, 4.69) is 35.9 Å². The van der Waals surface area contributed by atoms with E-state index in [1.807, 2.05) is 7.05 Å². The molecule has 5 atom stereocenters. The summed E-state index contributed by atoms with van der Waals surface area (Å²) in [5.74, 6) is 0.321. The van der Waals surface area contributed by atoms with Crippen LogP contribution >= 0.6 is 0 Å². The quantitative estimate of drug-likeness (QED) is 0.864. The van der Waals surface area contributed by atoms with Crippen molar-refractivity contribution in [1.82, 2.24) is 15.1 Å². The van der Waals surface area contributed by atoms with Gasteiger partial charge in [0.15, 0.2) is 0 Å². The lowest BCUT2D eigenvalue weighted by Gasteiger charge is -2.39. The van der Waals surface area contributed by atoms with Crippen molar-refractivity contribution in [3.05, 3.63) is 0 Å². The van der Waals surface area contributed by atoms with Gasteiger partial charge in [0.05, 0.1) is 6.04 Å². The Labute approximate surface area is 129 Å². The Morgan fingerprint density at radius 2 is 1.62 bits per heavy atom. The zero-order valence-corrected chi connectivity index (χ0v) is 14.0. The molecule has 2 bridgehead atoms. The van der Waals surface area contributed by atoms with Gasteiger partial charge in [0.2, 0.25) is 5.91 Å². The van der Waals surface area contributed by atoms with Crippen LogP contribution in [-0.2, 0) is 4.79 Å². The van der Waals surface area contributed by atoms with Crippen LogP contribution in [0.4, 0.5) is 0 Å². The van der Waals surface area contributed by atoms with E-state index in [4.69, 9.17) is 0 Å². The number of likely N-dealkylation sites (N-methyl/N-ethyl adjacent to an activating group) is 1. The average molecular weight is 293 g/mol. The molecule has 21 heavy (non-hydrogen) atoms. The number of piperidine rings is 1. The van der Waals surface area contributed by atoms with E-state index in [1.54, 1.807) is 0 Å². The van der Waals surface area contributed by atoms with E-state index in [0.29, 0.717) is 36.1 Å². The minimum atomic E-state index is 0.0232. The van der Waals surface area contributed by atoms with Crippen LogP contribution in [0, 0.1) is 0 Å². The SMILES string of the molecule is CC1CCC(C)N1C(C)C(=O)N(C)C1CC2CCC(C1)N2. The maximum atomic E-state index is 12.9. The van der Waals surface area contributed by atoms with Crippen LogP contribution in [0.5, 0.6) is 0 Å². The summed E-state index contributed by atoms with van der Waals surface area (Å²) in [7, 11) is 2.03. The van der Waals surface area contributed by atoms with Crippen molar-refractivity contribution >= 4 is 5.91 Å². The molecule has 3 rings (SSSR count). The van der Waals surface area contributed by atoms with Crippen molar-refractivity contribution < 1.29 is 4.79 Å². The lowest BCUT2D eigenvalue weighted by molar-refractivity contribution is -0.139. The first-order chi connectivity index (χ1) is 9.97. The number of fused-ring (bicyclic) bond motifs is 2. The van der Waals surface area contributed by atoms with Crippen LogP contribution in [0.1, 0.15) is 59.3 Å². The van der Waals surface area contributed by atoms with E-state index in [1.165, 1.54) is 25.7 Å². The van der Waals surface area contributed by atoms with E-state index >= 15 is 0 Å². The molecule has 3 heterocycles. The van der Waals surface area contributed by atoms with Gasteiger partial charge < -0.3 is 10.2 Å². The predicted octanol–water partition coefficient (Wildman–Crippen LogP) is 1.99. The highest BCUT2D eigenvalue weighted by atomic mass is 16.2. The maximum absolute atomic E-state index is 12.9. The molecule has 4 heteroatoms. The second-order valence-electron chi connectivity index (χ2n) is 7.61. The average Bonchev–Trinajstić information content (AvgIpc) is 2.98. The minimum absolute atomic E-state index is 0.0232. The number of hydrogen-bond acceptors (Lipinski definition) is 3. The summed E-state index contributed by atoms with van der Waals surface area (Å²) in [5, 5.41) is 3.66. The smallest absolute Gasteiger partial charge is 0.239 e. The molecule has 0 spiro atoms. The standard InChI is InChI=1S/C17H31N3O/c1-11-5-6-12(2)20(11)13(3)17(21)19(4)16-9-14-7-8-15(10-16)18-14/h11-16,18H,5-10H2,1-4H3. The molecule has 5 unspecified atom stereocenters. The molecule has 120 valence electrons. The van der Waals surface area contributed by atoms with Crippen LogP contribution in [0.3, 0.4) is 0 Å². The van der Waals surface area contributed by atoms with Gasteiger partial charge in [-0.1, -0.05) is 0 Å². The summed E-state index contributed by atoms with van der Waals surface area (Å²) in [6, 6.07) is 2.82. The number of carbonyl (C=O) groups is 1. The van der Waals surface area contributed by atoms with Crippen LogP contribution < -0.4 is 5.32 Å². The predicted molar refractivity (Wildman–Crippen MR) is 85.2 cm³/mol. The topological polar surface area (TPSA) is 35.6 Å². The van der Waals surface area contributed by atoms with Gasteiger partial charge in [-0.15, -0.1) is 0 Å². The number of rotatable bonds is 3. The minimum Gasteiger partial charge on any atom is -0.341 e. The molecule has 4 nitrogen and oxygen atoms in total. The monoisotopic (exact) mass is 293 g/mol. The molecule has 0 radical (unpaired) electrons. The zero-order chi connectivity index (χ0) is 15.1. The molecule has 3 aliphatic heterocycles. The van der Waals surface area contributed by atoms with E-state index < -0.39 is 0 Å². The molecule has 3 saturated heterocycles. The van der Waals surface area contributed by atoms with Crippen molar-refractivity contribution in [2.24, 2.45) is 0 Å². The highest BCUT2D eigenvalue weighted by Crippen LogP contribution is 2.31. The van der Waals surface area contributed by atoms with Crippen LogP contribution in [0.2, 0.25) is 0 Å². The van der Waals surface area contributed by atoms with Gasteiger partial charge in [0.25, 0.3) is 0 Å². The number of carbonyl (C=O) groups excluding carboxylic acids is 1. The van der Waals surface area contributed by atoms with E-state index in [9.17, 15) is 4.79 Å². The van der Waals surface area contributed by atoms with Crippen molar-refractivity contribution in [1.29, 1.82) is 0 Å². The maximum Gasteiger partial charge on any atom is 0.239 e. The third-order valence-electron chi connectivity index (χ3n) is 6.17. The third-order valence-corrected chi connectivity index (χ3v) is 6.17. The Balaban J connectivity index is 1.64.